The van der Waals surface area contributed by atoms with Crippen LogP contribution in [0.1, 0.15) is 5.56 Å². The van der Waals surface area contributed by atoms with Crippen LogP contribution in [0.25, 0.3) is 10.8 Å². The molecule has 1 heterocycles. The van der Waals surface area contributed by atoms with E-state index in [1.54, 1.807) is 7.11 Å². The van der Waals surface area contributed by atoms with Crippen molar-refractivity contribution in [2.45, 2.75) is 0 Å². The molecular formula is C19H17N2O+. The van der Waals surface area contributed by atoms with Gasteiger partial charge in [-0.15, -0.1) is 0 Å². The maximum atomic E-state index is 5.65. The SMILES string of the molecule is CON1C[N+](c2ccccc2)=Cc2ccc3ccccc3c21. The maximum Gasteiger partial charge on any atom is 0.246 e. The number of para-hydroxylation sites is 1. The van der Waals surface area contributed by atoms with Crippen molar-refractivity contribution in [1.82, 2.24) is 0 Å². The van der Waals surface area contributed by atoms with Crippen molar-refractivity contribution in [3.05, 3.63) is 72.3 Å². The summed E-state index contributed by atoms with van der Waals surface area (Å²) in [7, 11) is 1.72. The number of benzene rings is 3. The van der Waals surface area contributed by atoms with E-state index in [4.69, 9.17) is 4.84 Å². The number of rotatable bonds is 2. The highest BCUT2D eigenvalue weighted by Gasteiger charge is 2.26. The van der Waals surface area contributed by atoms with Gasteiger partial charge in [0.05, 0.1) is 18.4 Å². The second kappa shape index (κ2) is 5.28. The summed E-state index contributed by atoms with van der Waals surface area (Å²) in [5, 5.41) is 4.39. The Morgan fingerprint density at radius 3 is 2.50 bits per heavy atom. The normalized spacial score (nSPS) is 13.9. The van der Waals surface area contributed by atoms with Crippen LogP contribution in [0.3, 0.4) is 0 Å². The predicted molar refractivity (Wildman–Crippen MR) is 89.8 cm³/mol. The molecule has 1 aliphatic heterocycles. The van der Waals surface area contributed by atoms with E-state index in [0.717, 1.165) is 16.9 Å². The Hall–Kier alpha value is -2.65. The molecule has 108 valence electrons. The number of hydrogen-bond acceptors (Lipinski definition) is 2. The third kappa shape index (κ3) is 2.07. The Bertz CT molecular complexity index is 856. The maximum absolute atomic E-state index is 5.65. The lowest BCUT2D eigenvalue weighted by molar-refractivity contribution is -0.444. The van der Waals surface area contributed by atoms with Crippen LogP contribution in [0.5, 0.6) is 0 Å². The molecule has 0 aliphatic carbocycles. The molecule has 3 aromatic rings. The van der Waals surface area contributed by atoms with Crippen molar-refractivity contribution in [3.63, 3.8) is 0 Å². The third-order valence-corrected chi connectivity index (χ3v) is 4.07. The second-order valence-electron chi connectivity index (χ2n) is 5.36. The molecule has 0 bridgehead atoms. The van der Waals surface area contributed by atoms with Gasteiger partial charge < -0.3 is 0 Å². The van der Waals surface area contributed by atoms with Gasteiger partial charge >= 0.3 is 0 Å². The lowest BCUT2D eigenvalue weighted by Crippen LogP contribution is -2.34. The van der Waals surface area contributed by atoms with E-state index in [1.165, 1.54) is 10.8 Å². The summed E-state index contributed by atoms with van der Waals surface area (Å²) in [5.41, 5.74) is 3.45. The van der Waals surface area contributed by atoms with E-state index < -0.39 is 0 Å². The molecule has 3 heteroatoms. The van der Waals surface area contributed by atoms with Crippen LogP contribution >= 0.6 is 0 Å². The van der Waals surface area contributed by atoms with Crippen molar-refractivity contribution in [1.29, 1.82) is 0 Å². The molecule has 22 heavy (non-hydrogen) atoms. The van der Waals surface area contributed by atoms with Gasteiger partial charge in [-0.3, -0.25) is 4.84 Å². The lowest BCUT2D eigenvalue weighted by Gasteiger charge is -2.26. The van der Waals surface area contributed by atoms with Crippen LogP contribution in [0.15, 0.2) is 66.7 Å². The molecule has 0 amide bonds. The van der Waals surface area contributed by atoms with Crippen molar-refractivity contribution in [3.8, 4) is 0 Å². The molecule has 0 unspecified atom stereocenters. The molecule has 0 saturated heterocycles. The highest BCUT2D eigenvalue weighted by molar-refractivity contribution is 6.03. The largest absolute Gasteiger partial charge is 0.271 e. The number of nitrogens with zero attached hydrogens (tertiary/aromatic N) is 2. The van der Waals surface area contributed by atoms with Gasteiger partial charge in [0.15, 0.2) is 6.21 Å². The van der Waals surface area contributed by atoms with Crippen LogP contribution in [0.4, 0.5) is 11.4 Å². The van der Waals surface area contributed by atoms with Crippen LogP contribution in [-0.4, -0.2) is 24.6 Å². The Morgan fingerprint density at radius 2 is 1.68 bits per heavy atom. The minimum atomic E-state index is 0.668. The minimum Gasteiger partial charge on any atom is -0.271 e. The van der Waals surface area contributed by atoms with E-state index in [1.807, 2.05) is 11.1 Å². The first-order valence-corrected chi connectivity index (χ1v) is 7.37. The molecule has 0 atom stereocenters. The summed E-state index contributed by atoms with van der Waals surface area (Å²) in [6.45, 7) is 0.668. The Morgan fingerprint density at radius 1 is 0.909 bits per heavy atom. The quantitative estimate of drug-likeness (QED) is 0.664. The Labute approximate surface area is 129 Å². The number of hydroxylamine groups is 1. The first-order chi connectivity index (χ1) is 10.9. The molecule has 0 radical (unpaired) electrons. The summed E-state index contributed by atoms with van der Waals surface area (Å²) in [6, 6.07) is 23.1. The summed E-state index contributed by atoms with van der Waals surface area (Å²) in [4.78, 5) is 5.65. The van der Waals surface area contributed by atoms with Crippen LogP contribution in [0, 0.1) is 0 Å². The molecule has 0 aromatic heterocycles. The van der Waals surface area contributed by atoms with E-state index in [9.17, 15) is 0 Å². The molecular weight excluding hydrogens is 272 g/mol. The van der Waals surface area contributed by atoms with Gasteiger partial charge in [0, 0.05) is 17.5 Å². The average molecular weight is 289 g/mol. The van der Waals surface area contributed by atoms with Crippen LogP contribution < -0.4 is 5.06 Å². The molecule has 4 rings (SSSR count). The van der Waals surface area contributed by atoms with Gasteiger partial charge in [-0.2, -0.15) is 9.64 Å². The van der Waals surface area contributed by atoms with Gasteiger partial charge in [0.25, 0.3) is 0 Å². The number of fused-ring (bicyclic) bond motifs is 3. The highest BCUT2D eigenvalue weighted by atomic mass is 16.7. The summed E-state index contributed by atoms with van der Waals surface area (Å²) in [5.74, 6) is 0. The Balaban J connectivity index is 1.93. The fraction of sp³-hybridized carbons (Fsp3) is 0.105. The van der Waals surface area contributed by atoms with Crippen LogP contribution in [0.2, 0.25) is 0 Å². The first-order valence-electron chi connectivity index (χ1n) is 7.37. The average Bonchev–Trinajstić information content (AvgIpc) is 2.61. The van der Waals surface area contributed by atoms with Gasteiger partial charge in [-0.25, -0.2) is 0 Å². The third-order valence-electron chi connectivity index (χ3n) is 4.07. The highest BCUT2D eigenvalue weighted by Crippen LogP contribution is 2.33. The monoisotopic (exact) mass is 289 g/mol. The molecule has 0 fully saturated rings. The van der Waals surface area contributed by atoms with Crippen molar-refractivity contribution in [2.75, 3.05) is 18.8 Å². The predicted octanol–water partition coefficient (Wildman–Crippen LogP) is 3.94. The summed E-state index contributed by atoms with van der Waals surface area (Å²) >= 11 is 0. The molecule has 1 aliphatic rings. The lowest BCUT2D eigenvalue weighted by atomic mass is 10.0. The van der Waals surface area contributed by atoms with Gasteiger partial charge in [0.1, 0.15) is 0 Å². The van der Waals surface area contributed by atoms with Gasteiger partial charge in [-0.05, 0) is 11.5 Å². The summed E-state index contributed by atoms with van der Waals surface area (Å²) < 4.78 is 2.20. The minimum absolute atomic E-state index is 0.668. The summed E-state index contributed by atoms with van der Waals surface area (Å²) in [6.07, 6.45) is 2.19. The van der Waals surface area contributed by atoms with Crippen LogP contribution in [-0.2, 0) is 4.84 Å². The zero-order valence-electron chi connectivity index (χ0n) is 12.4. The molecule has 3 aromatic carbocycles. The van der Waals surface area contributed by atoms with E-state index in [-0.39, 0.29) is 0 Å². The zero-order valence-corrected chi connectivity index (χ0v) is 12.4. The smallest absolute Gasteiger partial charge is 0.246 e. The van der Waals surface area contributed by atoms with Gasteiger partial charge in [-0.1, -0.05) is 48.5 Å². The van der Waals surface area contributed by atoms with Crippen molar-refractivity contribution < 1.29 is 9.41 Å². The van der Waals surface area contributed by atoms with Gasteiger partial charge in [0.2, 0.25) is 12.4 Å². The topological polar surface area (TPSA) is 15.5 Å². The van der Waals surface area contributed by atoms with Crippen molar-refractivity contribution >= 4 is 28.4 Å². The van der Waals surface area contributed by atoms with E-state index in [0.29, 0.717) is 6.67 Å². The molecule has 0 saturated carbocycles. The molecule has 3 nitrogen and oxygen atoms in total. The van der Waals surface area contributed by atoms with E-state index >= 15 is 0 Å². The first kappa shape index (κ1) is 13.0. The Kier molecular flexibility index (Phi) is 3.13. The number of anilines is 1. The molecule has 0 spiro atoms. The van der Waals surface area contributed by atoms with E-state index in [2.05, 4.69) is 71.5 Å². The van der Waals surface area contributed by atoms with Crippen molar-refractivity contribution in [2.24, 2.45) is 0 Å². The zero-order chi connectivity index (χ0) is 14.9. The molecule has 0 N–H and O–H groups in total. The number of hydrogen-bond donors (Lipinski definition) is 0. The fourth-order valence-corrected chi connectivity index (χ4v) is 3.00. The fourth-order valence-electron chi connectivity index (χ4n) is 3.00. The second-order valence-corrected chi connectivity index (χ2v) is 5.36. The standard InChI is InChI=1S/C19H17N2O/c1-22-21-14-20(17-8-3-2-4-9-17)13-16-12-11-15-7-5-6-10-18(15)19(16)21/h2-13H,14H2,1H3/q+1.